The van der Waals surface area contributed by atoms with Gasteiger partial charge in [-0.1, -0.05) is 43.2 Å². The van der Waals surface area contributed by atoms with Gasteiger partial charge >= 0.3 is 5.97 Å². The van der Waals surface area contributed by atoms with Crippen LogP contribution in [-0.4, -0.2) is 28.9 Å². The zero-order valence-electron chi connectivity index (χ0n) is 13.1. The van der Waals surface area contributed by atoms with Crippen LogP contribution in [0.2, 0.25) is 0 Å². The predicted octanol–water partition coefficient (Wildman–Crippen LogP) is 1.62. The number of carbonyl (C=O) groups is 3. The molecule has 0 aromatic heterocycles. The Hall–Kier alpha value is -2.37. The molecule has 1 aliphatic rings. The van der Waals surface area contributed by atoms with Crippen molar-refractivity contribution in [2.75, 3.05) is 0 Å². The SMILES string of the molecule is CC(NC(=O)C1CCCC1)C(=O)NC(C(=O)O)c1ccccc1. The molecule has 0 saturated heterocycles. The summed E-state index contributed by atoms with van der Waals surface area (Å²) in [5.41, 5.74) is 0.489. The maximum Gasteiger partial charge on any atom is 0.330 e. The Bertz CT molecular complexity index is 567. The third-order valence-electron chi connectivity index (χ3n) is 4.14. The molecule has 124 valence electrons. The summed E-state index contributed by atoms with van der Waals surface area (Å²) in [5.74, 6) is -1.81. The second kappa shape index (κ2) is 7.76. The molecule has 0 spiro atoms. The van der Waals surface area contributed by atoms with E-state index in [1.54, 1.807) is 37.3 Å². The van der Waals surface area contributed by atoms with E-state index in [1.165, 1.54) is 0 Å². The van der Waals surface area contributed by atoms with E-state index in [9.17, 15) is 19.5 Å². The summed E-state index contributed by atoms with van der Waals surface area (Å²) in [6, 6.07) is 6.57. The first-order chi connectivity index (χ1) is 11.0. The lowest BCUT2D eigenvalue weighted by molar-refractivity contribution is -0.142. The number of aliphatic carboxylic acids is 1. The average molecular weight is 318 g/mol. The topological polar surface area (TPSA) is 95.5 Å². The molecule has 3 N–H and O–H groups in total. The molecule has 2 amide bonds. The molecule has 0 aliphatic heterocycles. The number of benzene rings is 1. The fraction of sp³-hybridized carbons (Fsp3) is 0.471. The van der Waals surface area contributed by atoms with Gasteiger partial charge in [-0.15, -0.1) is 0 Å². The van der Waals surface area contributed by atoms with E-state index < -0.39 is 24.0 Å². The molecule has 0 heterocycles. The lowest BCUT2D eigenvalue weighted by Crippen LogP contribution is -2.48. The van der Waals surface area contributed by atoms with Crippen LogP contribution in [0.3, 0.4) is 0 Å². The van der Waals surface area contributed by atoms with E-state index in [0.29, 0.717) is 5.56 Å². The molecular weight excluding hydrogens is 296 g/mol. The van der Waals surface area contributed by atoms with Crippen molar-refractivity contribution in [3.63, 3.8) is 0 Å². The molecule has 6 nitrogen and oxygen atoms in total. The summed E-state index contributed by atoms with van der Waals surface area (Å²) in [6.07, 6.45) is 3.77. The van der Waals surface area contributed by atoms with Crippen LogP contribution in [0.25, 0.3) is 0 Å². The highest BCUT2D eigenvalue weighted by molar-refractivity contribution is 5.91. The summed E-state index contributed by atoms with van der Waals surface area (Å²) in [5, 5.41) is 14.5. The molecule has 1 fully saturated rings. The molecule has 0 radical (unpaired) electrons. The van der Waals surface area contributed by atoms with Gasteiger partial charge in [0.05, 0.1) is 0 Å². The lowest BCUT2D eigenvalue weighted by Gasteiger charge is -2.20. The largest absolute Gasteiger partial charge is 0.479 e. The Morgan fingerprint density at radius 2 is 1.70 bits per heavy atom. The molecule has 1 aliphatic carbocycles. The van der Waals surface area contributed by atoms with Crippen molar-refractivity contribution in [3.05, 3.63) is 35.9 Å². The molecule has 1 saturated carbocycles. The zero-order chi connectivity index (χ0) is 16.8. The highest BCUT2D eigenvalue weighted by Gasteiger charge is 2.28. The fourth-order valence-electron chi connectivity index (χ4n) is 2.79. The summed E-state index contributed by atoms with van der Waals surface area (Å²) < 4.78 is 0. The molecule has 1 aromatic carbocycles. The van der Waals surface area contributed by atoms with E-state index in [4.69, 9.17) is 0 Å². The number of amides is 2. The standard InChI is InChI=1S/C17H22N2O4/c1-11(18-16(21)13-9-5-6-10-13)15(20)19-14(17(22)23)12-7-3-2-4-8-12/h2-4,7-8,11,13-14H,5-6,9-10H2,1H3,(H,18,21)(H,19,20)(H,22,23). The van der Waals surface area contributed by atoms with Gasteiger partial charge in [0.2, 0.25) is 11.8 Å². The Labute approximate surface area is 135 Å². The van der Waals surface area contributed by atoms with E-state index in [-0.39, 0.29) is 11.8 Å². The zero-order valence-corrected chi connectivity index (χ0v) is 13.1. The fourth-order valence-corrected chi connectivity index (χ4v) is 2.79. The number of hydrogen-bond acceptors (Lipinski definition) is 3. The number of nitrogens with one attached hydrogen (secondary N) is 2. The number of hydrogen-bond donors (Lipinski definition) is 3. The van der Waals surface area contributed by atoms with Crippen LogP contribution in [0.5, 0.6) is 0 Å². The van der Waals surface area contributed by atoms with Crippen LogP contribution in [0.15, 0.2) is 30.3 Å². The van der Waals surface area contributed by atoms with Crippen LogP contribution < -0.4 is 10.6 Å². The maximum absolute atomic E-state index is 12.2. The summed E-state index contributed by atoms with van der Waals surface area (Å²) in [6.45, 7) is 1.56. The monoisotopic (exact) mass is 318 g/mol. The van der Waals surface area contributed by atoms with Gasteiger partial charge in [0.1, 0.15) is 6.04 Å². The first-order valence-electron chi connectivity index (χ1n) is 7.87. The molecule has 23 heavy (non-hydrogen) atoms. The highest BCUT2D eigenvalue weighted by Crippen LogP contribution is 2.24. The van der Waals surface area contributed by atoms with Crippen molar-refractivity contribution in [3.8, 4) is 0 Å². The minimum Gasteiger partial charge on any atom is -0.479 e. The summed E-state index contributed by atoms with van der Waals surface area (Å²) >= 11 is 0. The van der Waals surface area contributed by atoms with Crippen LogP contribution in [0, 0.1) is 5.92 Å². The van der Waals surface area contributed by atoms with Crippen molar-refractivity contribution in [1.29, 1.82) is 0 Å². The number of carboxylic acid groups (broad SMARTS) is 1. The Balaban J connectivity index is 1.95. The molecule has 6 heteroatoms. The first-order valence-corrected chi connectivity index (χ1v) is 7.87. The molecule has 1 aromatic rings. The first kappa shape index (κ1) is 17.0. The van der Waals surface area contributed by atoms with Crippen LogP contribution in [-0.2, 0) is 14.4 Å². The van der Waals surface area contributed by atoms with Gasteiger partial charge in [0.25, 0.3) is 0 Å². The van der Waals surface area contributed by atoms with Gasteiger partial charge in [-0.05, 0) is 25.3 Å². The summed E-state index contributed by atoms with van der Waals surface area (Å²) in [4.78, 5) is 35.6. The number of carboxylic acids is 1. The van der Waals surface area contributed by atoms with Crippen molar-refractivity contribution in [2.45, 2.75) is 44.7 Å². The Morgan fingerprint density at radius 1 is 1.09 bits per heavy atom. The van der Waals surface area contributed by atoms with E-state index in [1.807, 2.05) is 0 Å². The van der Waals surface area contributed by atoms with Crippen molar-refractivity contribution in [2.24, 2.45) is 5.92 Å². The summed E-state index contributed by atoms with van der Waals surface area (Å²) in [7, 11) is 0. The second-order valence-corrected chi connectivity index (χ2v) is 5.90. The smallest absolute Gasteiger partial charge is 0.330 e. The number of rotatable bonds is 6. The van der Waals surface area contributed by atoms with Crippen LogP contribution in [0.1, 0.15) is 44.2 Å². The van der Waals surface area contributed by atoms with Gasteiger partial charge in [-0.25, -0.2) is 4.79 Å². The quantitative estimate of drug-likeness (QED) is 0.743. The van der Waals surface area contributed by atoms with E-state index in [2.05, 4.69) is 10.6 Å². The highest BCUT2D eigenvalue weighted by atomic mass is 16.4. The van der Waals surface area contributed by atoms with Gasteiger partial charge in [0, 0.05) is 5.92 Å². The van der Waals surface area contributed by atoms with E-state index >= 15 is 0 Å². The van der Waals surface area contributed by atoms with Crippen LogP contribution in [0.4, 0.5) is 0 Å². The van der Waals surface area contributed by atoms with Gasteiger partial charge in [0.15, 0.2) is 6.04 Å². The Kier molecular flexibility index (Phi) is 5.73. The van der Waals surface area contributed by atoms with Crippen molar-refractivity contribution >= 4 is 17.8 Å². The molecule has 2 unspecified atom stereocenters. The molecular formula is C17H22N2O4. The Morgan fingerprint density at radius 3 is 2.26 bits per heavy atom. The minimum absolute atomic E-state index is 0.0327. The second-order valence-electron chi connectivity index (χ2n) is 5.90. The van der Waals surface area contributed by atoms with Gasteiger partial charge < -0.3 is 15.7 Å². The van der Waals surface area contributed by atoms with E-state index in [0.717, 1.165) is 25.7 Å². The maximum atomic E-state index is 12.2. The van der Waals surface area contributed by atoms with Gasteiger partial charge in [-0.2, -0.15) is 0 Å². The molecule has 2 rings (SSSR count). The molecule has 2 atom stereocenters. The van der Waals surface area contributed by atoms with Crippen molar-refractivity contribution in [1.82, 2.24) is 10.6 Å². The minimum atomic E-state index is -1.14. The average Bonchev–Trinajstić information content (AvgIpc) is 3.07. The van der Waals surface area contributed by atoms with Gasteiger partial charge in [-0.3, -0.25) is 9.59 Å². The van der Waals surface area contributed by atoms with Crippen LogP contribution >= 0.6 is 0 Å². The lowest BCUT2D eigenvalue weighted by atomic mass is 10.1. The van der Waals surface area contributed by atoms with Crippen molar-refractivity contribution < 1.29 is 19.5 Å². The normalized spacial score (nSPS) is 17.3. The molecule has 0 bridgehead atoms. The third kappa shape index (κ3) is 4.55. The number of carbonyl (C=O) groups excluding carboxylic acids is 2. The predicted molar refractivity (Wildman–Crippen MR) is 84.5 cm³/mol. The third-order valence-corrected chi connectivity index (χ3v) is 4.14.